The molecule has 1 aromatic rings. The highest BCUT2D eigenvalue weighted by molar-refractivity contribution is 5.39. The van der Waals surface area contributed by atoms with Gasteiger partial charge in [-0.25, -0.2) is 4.39 Å². The van der Waals surface area contributed by atoms with Gasteiger partial charge in [-0.05, 0) is 45.8 Å². The Hall–Kier alpha value is -1.13. The third-order valence-corrected chi connectivity index (χ3v) is 4.17. The zero-order chi connectivity index (χ0) is 14.2. The Bertz CT molecular complexity index is 483. The van der Waals surface area contributed by atoms with Crippen LogP contribution in [0.4, 0.5) is 4.39 Å². The first kappa shape index (κ1) is 13.8. The van der Waals surface area contributed by atoms with Crippen molar-refractivity contribution in [3.8, 4) is 5.75 Å². The standard InChI is InChI=1S/C16H22FNO2/c1-11(2)19-14-10-16(6-8-18-9-7-16)20-15-12(14)4-3-5-13(15)17/h3-5,11,14,18H,6-10H2,1-2H3. The molecular weight excluding hydrogens is 257 g/mol. The Morgan fingerprint density at radius 3 is 2.80 bits per heavy atom. The van der Waals surface area contributed by atoms with Crippen LogP contribution in [0.2, 0.25) is 0 Å². The first-order chi connectivity index (χ1) is 9.60. The van der Waals surface area contributed by atoms with Gasteiger partial charge in [0.05, 0.1) is 12.2 Å². The average Bonchev–Trinajstić information content (AvgIpc) is 2.40. The first-order valence-corrected chi connectivity index (χ1v) is 7.43. The molecule has 1 saturated heterocycles. The maximum absolute atomic E-state index is 14.1. The number of para-hydroxylation sites is 1. The van der Waals surface area contributed by atoms with Gasteiger partial charge in [-0.2, -0.15) is 0 Å². The van der Waals surface area contributed by atoms with E-state index in [-0.39, 0.29) is 23.6 Å². The van der Waals surface area contributed by atoms with E-state index in [1.807, 2.05) is 19.9 Å². The molecule has 1 N–H and O–H groups in total. The molecule has 2 aliphatic rings. The molecule has 3 nitrogen and oxygen atoms in total. The number of hydrogen-bond donors (Lipinski definition) is 1. The van der Waals surface area contributed by atoms with Crippen molar-refractivity contribution in [2.24, 2.45) is 0 Å². The molecule has 110 valence electrons. The molecule has 0 bridgehead atoms. The molecule has 1 spiro atoms. The summed E-state index contributed by atoms with van der Waals surface area (Å²) in [7, 11) is 0. The molecule has 0 aromatic heterocycles. The minimum atomic E-state index is -0.280. The van der Waals surface area contributed by atoms with E-state index >= 15 is 0 Å². The van der Waals surface area contributed by atoms with Gasteiger partial charge in [-0.15, -0.1) is 0 Å². The molecular formula is C16H22FNO2. The Kier molecular flexibility index (Phi) is 3.69. The molecule has 4 heteroatoms. The molecule has 0 aliphatic carbocycles. The van der Waals surface area contributed by atoms with Crippen LogP contribution in [0, 0.1) is 5.82 Å². The van der Waals surface area contributed by atoms with Crippen LogP contribution in [0.25, 0.3) is 0 Å². The summed E-state index contributed by atoms with van der Waals surface area (Å²) in [5, 5.41) is 3.34. The predicted octanol–water partition coefficient (Wildman–Crippen LogP) is 3.20. The Morgan fingerprint density at radius 2 is 2.10 bits per heavy atom. The van der Waals surface area contributed by atoms with E-state index < -0.39 is 0 Å². The summed E-state index contributed by atoms with van der Waals surface area (Å²) in [6.07, 6.45) is 2.65. The van der Waals surface area contributed by atoms with Crippen LogP contribution in [0.5, 0.6) is 5.75 Å². The maximum atomic E-state index is 14.1. The minimum absolute atomic E-state index is 0.0763. The first-order valence-electron chi connectivity index (χ1n) is 7.43. The van der Waals surface area contributed by atoms with Crippen LogP contribution in [0.15, 0.2) is 18.2 Å². The van der Waals surface area contributed by atoms with Gasteiger partial charge < -0.3 is 14.8 Å². The number of hydrogen-bond acceptors (Lipinski definition) is 3. The number of benzene rings is 1. The number of ether oxygens (including phenoxy) is 2. The zero-order valence-corrected chi connectivity index (χ0v) is 12.1. The molecule has 2 aliphatic heterocycles. The van der Waals surface area contributed by atoms with Crippen LogP contribution in [0.1, 0.15) is 44.8 Å². The number of rotatable bonds is 2. The number of halogens is 1. The topological polar surface area (TPSA) is 30.5 Å². The van der Waals surface area contributed by atoms with Crippen LogP contribution < -0.4 is 10.1 Å². The van der Waals surface area contributed by atoms with Crippen molar-refractivity contribution in [2.45, 2.75) is 50.9 Å². The Labute approximate surface area is 119 Å². The molecule has 0 saturated carbocycles. The predicted molar refractivity (Wildman–Crippen MR) is 75.4 cm³/mol. The van der Waals surface area contributed by atoms with E-state index in [0.717, 1.165) is 37.9 Å². The van der Waals surface area contributed by atoms with Gasteiger partial charge in [0.25, 0.3) is 0 Å². The van der Waals surface area contributed by atoms with Gasteiger partial charge in [0.15, 0.2) is 11.6 Å². The van der Waals surface area contributed by atoms with E-state index in [1.165, 1.54) is 6.07 Å². The minimum Gasteiger partial charge on any atom is -0.484 e. The smallest absolute Gasteiger partial charge is 0.165 e. The van der Waals surface area contributed by atoms with Crippen molar-refractivity contribution >= 4 is 0 Å². The summed E-state index contributed by atoms with van der Waals surface area (Å²) < 4.78 is 26.3. The Morgan fingerprint density at radius 1 is 1.35 bits per heavy atom. The summed E-state index contributed by atoms with van der Waals surface area (Å²) in [5.74, 6) is 0.115. The summed E-state index contributed by atoms with van der Waals surface area (Å²) in [6, 6.07) is 5.11. The lowest BCUT2D eigenvalue weighted by Gasteiger charge is -2.44. The number of piperidine rings is 1. The molecule has 0 amide bonds. The zero-order valence-electron chi connectivity index (χ0n) is 12.1. The van der Waals surface area contributed by atoms with Crippen molar-refractivity contribution in [2.75, 3.05) is 13.1 Å². The molecule has 0 radical (unpaired) electrons. The van der Waals surface area contributed by atoms with Crippen LogP contribution in [-0.4, -0.2) is 24.8 Å². The lowest BCUT2D eigenvalue weighted by Crippen LogP contribution is -2.49. The fourth-order valence-electron chi connectivity index (χ4n) is 3.23. The number of nitrogens with one attached hydrogen (secondary N) is 1. The third-order valence-electron chi connectivity index (χ3n) is 4.17. The summed E-state index contributed by atoms with van der Waals surface area (Å²) in [5.41, 5.74) is 0.572. The second kappa shape index (κ2) is 5.34. The Balaban J connectivity index is 1.96. The lowest BCUT2D eigenvalue weighted by atomic mass is 9.82. The maximum Gasteiger partial charge on any atom is 0.165 e. The van der Waals surface area contributed by atoms with Gasteiger partial charge in [0.2, 0.25) is 0 Å². The monoisotopic (exact) mass is 279 g/mol. The van der Waals surface area contributed by atoms with Crippen LogP contribution >= 0.6 is 0 Å². The molecule has 3 rings (SSSR count). The normalized spacial score (nSPS) is 24.5. The fraction of sp³-hybridized carbons (Fsp3) is 0.625. The second-order valence-electron chi connectivity index (χ2n) is 6.07. The van der Waals surface area contributed by atoms with E-state index in [4.69, 9.17) is 9.47 Å². The molecule has 20 heavy (non-hydrogen) atoms. The molecule has 1 aromatic carbocycles. The van der Waals surface area contributed by atoms with E-state index in [2.05, 4.69) is 5.32 Å². The quantitative estimate of drug-likeness (QED) is 0.902. The second-order valence-corrected chi connectivity index (χ2v) is 6.07. The van der Waals surface area contributed by atoms with Gasteiger partial charge in [-0.1, -0.05) is 12.1 Å². The highest BCUT2D eigenvalue weighted by Crippen LogP contribution is 2.46. The van der Waals surface area contributed by atoms with Crippen molar-refractivity contribution in [3.63, 3.8) is 0 Å². The van der Waals surface area contributed by atoms with Crippen LogP contribution in [-0.2, 0) is 4.74 Å². The molecule has 1 atom stereocenters. The highest BCUT2D eigenvalue weighted by Gasteiger charge is 2.43. The summed E-state index contributed by atoms with van der Waals surface area (Å²) in [6.45, 7) is 5.86. The molecule has 2 heterocycles. The molecule has 1 fully saturated rings. The highest BCUT2D eigenvalue weighted by atomic mass is 19.1. The van der Waals surface area contributed by atoms with Gasteiger partial charge in [0.1, 0.15) is 5.60 Å². The SMILES string of the molecule is CC(C)OC1CC2(CCNCC2)Oc2c(F)cccc21. The van der Waals surface area contributed by atoms with E-state index in [1.54, 1.807) is 6.07 Å². The van der Waals surface area contributed by atoms with Gasteiger partial charge in [-0.3, -0.25) is 0 Å². The van der Waals surface area contributed by atoms with Crippen molar-refractivity contribution < 1.29 is 13.9 Å². The van der Waals surface area contributed by atoms with E-state index in [9.17, 15) is 4.39 Å². The average molecular weight is 279 g/mol. The summed E-state index contributed by atoms with van der Waals surface area (Å²) >= 11 is 0. The van der Waals surface area contributed by atoms with Crippen molar-refractivity contribution in [1.82, 2.24) is 5.32 Å². The van der Waals surface area contributed by atoms with Crippen molar-refractivity contribution in [1.29, 1.82) is 0 Å². The third kappa shape index (κ3) is 2.54. The largest absolute Gasteiger partial charge is 0.484 e. The molecule has 1 unspecified atom stereocenters. The number of fused-ring (bicyclic) bond motifs is 1. The van der Waals surface area contributed by atoms with Gasteiger partial charge in [0, 0.05) is 12.0 Å². The summed E-state index contributed by atoms with van der Waals surface area (Å²) in [4.78, 5) is 0. The van der Waals surface area contributed by atoms with Gasteiger partial charge >= 0.3 is 0 Å². The van der Waals surface area contributed by atoms with Crippen LogP contribution in [0.3, 0.4) is 0 Å². The van der Waals surface area contributed by atoms with Crippen molar-refractivity contribution in [3.05, 3.63) is 29.6 Å². The lowest BCUT2D eigenvalue weighted by molar-refractivity contribution is -0.0810. The fourth-order valence-corrected chi connectivity index (χ4v) is 3.23. The van der Waals surface area contributed by atoms with E-state index in [0.29, 0.717) is 5.75 Å².